The number of amides is 1. The second kappa shape index (κ2) is 11.4. The Bertz CT molecular complexity index is 1540. The molecule has 0 fully saturated rings. The van der Waals surface area contributed by atoms with Gasteiger partial charge in [-0.3, -0.25) is 4.79 Å². The van der Waals surface area contributed by atoms with E-state index < -0.39 is 12.0 Å². The lowest BCUT2D eigenvalue weighted by Crippen LogP contribution is -2.27. The topological polar surface area (TPSA) is 77.4 Å². The molecule has 0 radical (unpaired) electrons. The lowest BCUT2D eigenvalue weighted by Gasteiger charge is -2.23. The van der Waals surface area contributed by atoms with Crippen molar-refractivity contribution in [2.75, 3.05) is 14.2 Å². The van der Waals surface area contributed by atoms with E-state index in [0.717, 1.165) is 5.56 Å². The number of hydrazone groups is 1. The van der Waals surface area contributed by atoms with Gasteiger partial charge in [0.05, 0.1) is 31.5 Å². The highest BCUT2D eigenvalue weighted by atomic mass is 35.5. The molecule has 0 N–H and O–H groups in total. The standard InChI is InChI=1S/C31H25ClN2O5/c1-37-28-15-13-22(17-29(28)38-2)26-19-25(33-34(26)30(35)20-9-5-3-6-10-20)24-18-23(32)14-16-27(24)39-31(36)21-11-7-4-8-12-21/h3-18,26H,19H2,1-2H3/t26-/m0/s1. The minimum atomic E-state index is -0.508. The maximum atomic E-state index is 13.7. The van der Waals surface area contributed by atoms with Crippen LogP contribution in [0.2, 0.25) is 5.02 Å². The Hall–Kier alpha value is -4.62. The molecule has 196 valence electrons. The van der Waals surface area contributed by atoms with Crippen LogP contribution in [0.1, 0.15) is 44.3 Å². The number of ether oxygens (including phenoxy) is 3. The third-order valence-corrected chi connectivity index (χ3v) is 6.63. The maximum Gasteiger partial charge on any atom is 0.343 e. The normalized spacial score (nSPS) is 14.5. The Morgan fingerprint density at radius 1 is 0.795 bits per heavy atom. The first kappa shape index (κ1) is 26.0. The number of esters is 1. The number of hydrogen-bond acceptors (Lipinski definition) is 6. The lowest BCUT2D eigenvalue weighted by atomic mass is 9.97. The molecule has 0 bridgehead atoms. The van der Waals surface area contributed by atoms with E-state index in [-0.39, 0.29) is 5.91 Å². The zero-order valence-electron chi connectivity index (χ0n) is 21.3. The Morgan fingerprint density at radius 3 is 2.10 bits per heavy atom. The van der Waals surface area contributed by atoms with Crippen LogP contribution in [0.15, 0.2) is 102 Å². The third-order valence-electron chi connectivity index (χ3n) is 6.40. The van der Waals surface area contributed by atoms with Gasteiger partial charge in [0.15, 0.2) is 11.5 Å². The first-order valence-corrected chi connectivity index (χ1v) is 12.6. The number of benzene rings is 4. The average molecular weight is 541 g/mol. The minimum Gasteiger partial charge on any atom is -0.493 e. The summed E-state index contributed by atoms with van der Waals surface area (Å²) in [6.45, 7) is 0. The van der Waals surface area contributed by atoms with Crippen LogP contribution in [0.3, 0.4) is 0 Å². The highest BCUT2D eigenvalue weighted by Gasteiger charge is 2.35. The van der Waals surface area contributed by atoms with Crippen molar-refractivity contribution in [2.24, 2.45) is 5.10 Å². The van der Waals surface area contributed by atoms with Gasteiger partial charge in [0, 0.05) is 22.6 Å². The van der Waals surface area contributed by atoms with Gasteiger partial charge in [0.25, 0.3) is 5.91 Å². The van der Waals surface area contributed by atoms with Gasteiger partial charge in [-0.1, -0.05) is 54.1 Å². The van der Waals surface area contributed by atoms with Crippen molar-refractivity contribution in [3.8, 4) is 17.2 Å². The number of carbonyl (C=O) groups is 2. The Balaban J connectivity index is 1.55. The molecule has 1 aliphatic rings. The first-order chi connectivity index (χ1) is 19.0. The minimum absolute atomic E-state index is 0.268. The summed E-state index contributed by atoms with van der Waals surface area (Å²) in [6.07, 6.45) is 0.351. The number of rotatable bonds is 7. The fraction of sp³-hybridized carbons (Fsp3) is 0.129. The van der Waals surface area contributed by atoms with E-state index in [1.165, 1.54) is 5.01 Å². The molecule has 1 aliphatic heterocycles. The molecule has 0 aliphatic carbocycles. The Morgan fingerprint density at radius 2 is 1.44 bits per heavy atom. The molecule has 0 saturated heterocycles. The maximum absolute atomic E-state index is 13.7. The van der Waals surface area contributed by atoms with Crippen LogP contribution in [0, 0.1) is 0 Å². The zero-order chi connectivity index (χ0) is 27.4. The van der Waals surface area contributed by atoms with Crippen LogP contribution in [0.4, 0.5) is 0 Å². The third kappa shape index (κ3) is 5.49. The quantitative estimate of drug-likeness (QED) is 0.196. The molecule has 0 aromatic heterocycles. The van der Waals surface area contributed by atoms with E-state index >= 15 is 0 Å². The van der Waals surface area contributed by atoms with Gasteiger partial charge in [-0.2, -0.15) is 5.10 Å². The van der Waals surface area contributed by atoms with Crippen molar-refractivity contribution in [1.82, 2.24) is 5.01 Å². The van der Waals surface area contributed by atoms with E-state index in [2.05, 4.69) is 0 Å². The van der Waals surface area contributed by atoms with Crippen LogP contribution >= 0.6 is 11.6 Å². The molecule has 4 aromatic carbocycles. The predicted molar refractivity (Wildman–Crippen MR) is 149 cm³/mol. The first-order valence-electron chi connectivity index (χ1n) is 12.2. The molecule has 4 aromatic rings. The summed E-state index contributed by atoms with van der Waals surface area (Å²) in [7, 11) is 3.13. The predicted octanol–water partition coefficient (Wildman–Crippen LogP) is 6.57. The van der Waals surface area contributed by atoms with Crippen LogP contribution in [-0.4, -0.2) is 36.8 Å². The molecule has 0 saturated carbocycles. The molecule has 7 nitrogen and oxygen atoms in total. The number of carbonyl (C=O) groups excluding carboxylic acids is 2. The Kier molecular flexibility index (Phi) is 7.61. The van der Waals surface area contributed by atoms with Gasteiger partial charge < -0.3 is 14.2 Å². The molecule has 1 heterocycles. The van der Waals surface area contributed by atoms with E-state index in [9.17, 15) is 9.59 Å². The summed E-state index contributed by atoms with van der Waals surface area (Å²) in [5, 5.41) is 6.65. The summed E-state index contributed by atoms with van der Waals surface area (Å²) >= 11 is 6.36. The molecular weight excluding hydrogens is 516 g/mol. The number of methoxy groups -OCH3 is 2. The van der Waals surface area contributed by atoms with Crippen LogP contribution < -0.4 is 14.2 Å². The van der Waals surface area contributed by atoms with Gasteiger partial charge in [-0.15, -0.1) is 0 Å². The van der Waals surface area contributed by atoms with E-state index in [1.54, 1.807) is 87.0 Å². The number of nitrogens with zero attached hydrogens (tertiary/aromatic N) is 2. The summed E-state index contributed by atoms with van der Waals surface area (Å²) in [5.74, 6) is 0.635. The van der Waals surface area contributed by atoms with Crippen LogP contribution in [-0.2, 0) is 0 Å². The van der Waals surface area contributed by atoms with Crippen LogP contribution in [0.25, 0.3) is 0 Å². The fourth-order valence-corrected chi connectivity index (χ4v) is 4.61. The van der Waals surface area contributed by atoms with Gasteiger partial charge >= 0.3 is 5.97 Å². The second-order valence-corrected chi connectivity index (χ2v) is 9.23. The molecule has 5 rings (SSSR count). The number of halogens is 1. The molecule has 0 unspecified atom stereocenters. The SMILES string of the molecule is COc1ccc([C@@H]2CC(c3cc(Cl)ccc3OC(=O)c3ccccc3)=NN2C(=O)c2ccccc2)cc1OC. The fourth-order valence-electron chi connectivity index (χ4n) is 4.44. The summed E-state index contributed by atoms with van der Waals surface area (Å²) in [5.41, 5.74) is 2.80. The summed E-state index contributed by atoms with van der Waals surface area (Å²) in [6, 6.07) is 27.7. The molecular formula is C31H25ClN2O5. The largest absolute Gasteiger partial charge is 0.493 e. The molecule has 1 amide bonds. The van der Waals surface area contributed by atoms with Gasteiger partial charge in [0.1, 0.15) is 5.75 Å². The lowest BCUT2D eigenvalue weighted by molar-refractivity contribution is 0.0708. The Labute approximate surface area is 231 Å². The van der Waals surface area contributed by atoms with E-state index in [1.807, 2.05) is 24.3 Å². The van der Waals surface area contributed by atoms with Crippen molar-refractivity contribution >= 4 is 29.2 Å². The van der Waals surface area contributed by atoms with Crippen molar-refractivity contribution in [2.45, 2.75) is 12.5 Å². The molecule has 8 heteroatoms. The molecule has 0 spiro atoms. The van der Waals surface area contributed by atoms with Gasteiger partial charge in [0.2, 0.25) is 0 Å². The van der Waals surface area contributed by atoms with Crippen molar-refractivity contribution in [1.29, 1.82) is 0 Å². The smallest absolute Gasteiger partial charge is 0.343 e. The van der Waals surface area contributed by atoms with Crippen molar-refractivity contribution in [3.05, 3.63) is 124 Å². The zero-order valence-corrected chi connectivity index (χ0v) is 22.1. The van der Waals surface area contributed by atoms with E-state index in [0.29, 0.717) is 51.1 Å². The second-order valence-electron chi connectivity index (χ2n) is 8.79. The summed E-state index contributed by atoms with van der Waals surface area (Å²) in [4.78, 5) is 26.5. The molecule has 39 heavy (non-hydrogen) atoms. The van der Waals surface area contributed by atoms with Gasteiger partial charge in [-0.05, 0) is 60.2 Å². The highest BCUT2D eigenvalue weighted by molar-refractivity contribution is 6.31. The van der Waals surface area contributed by atoms with Crippen molar-refractivity contribution < 1.29 is 23.8 Å². The van der Waals surface area contributed by atoms with Crippen molar-refractivity contribution in [3.63, 3.8) is 0 Å². The highest BCUT2D eigenvalue weighted by Crippen LogP contribution is 2.39. The monoisotopic (exact) mass is 540 g/mol. The summed E-state index contributed by atoms with van der Waals surface area (Å²) < 4.78 is 16.7. The van der Waals surface area contributed by atoms with Gasteiger partial charge in [-0.25, -0.2) is 9.80 Å². The molecule has 1 atom stereocenters. The average Bonchev–Trinajstić information content (AvgIpc) is 3.43. The van der Waals surface area contributed by atoms with Crippen LogP contribution in [0.5, 0.6) is 17.2 Å². The van der Waals surface area contributed by atoms with E-state index in [4.69, 9.17) is 30.9 Å². The number of hydrogen-bond donors (Lipinski definition) is 0.